The number of nitrogens with zero attached hydrogens (tertiary/aromatic N) is 1. The van der Waals surface area contributed by atoms with Gasteiger partial charge in [-0.25, -0.2) is 0 Å². The fourth-order valence-electron chi connectivity index (χ4n) is 6.71. The van der Waals surface area contributed by atoms with Gasteiger partial charge in [-0.1, -0.05) is 44.2 Å². The van der Waals surface area contributed by atoms with E-state index in [1.807, 2.05) is 63.2 Å². The van der Waals surface area contributed by atoms with Crippen molar-refractivity contribution >= 4 is 34.2 Å². The molecule has 3 aliphatic rings. The van der Waals surface area contributed by atoms with E-state index in [1.54, 1.807) is 6.92 Å². The molecule has 1 spiro atoms. The number of likely N-dealkylation sites (tertiary alicyclic amines) is 1. The molecule has 0 aromatic heterocycles. The smallest absolute Gasteiger partial charge is 0.312 e. The van der Waals surface area contributed by atoms with Gasteiger partial charge >= 0.3 is 5.97 Å². The van der Waals surface area contributed by atoms with E-state index >= 15 is 0 Å². The van der Waals surface area contributed by atoms with Gasteiger partial charge in [0.1, 0.15) is 17.6 Å². The van der Waals surface area contributed by atoms with Crippen molar-refractivity contribution in [3.8, 4) is 0 Å². The Balaban J connectivity index is 1.56. The number of carbonyl (C=O) groups is 3. The first-order valence-corrected chi connectivity index (χ1v) is 12.8. The summed E-state index contributed by atoms with van der Waals surface area (Å²) < 4.78 is 11.9. The number of hydrogen-bond acceptors (Lipinski definition) is 6. The second-order valence-corrected chi connectivity index (χ2v) is 10.8. The highest BCUT2D eigenvalue weighted by molar-refractivity contribution is 6.04. The Morgan fingerprint density at radius 2 is 1.92 bits per heavy atom. The van der Waals surface area contributed by atoms with Crippen molar-refractivity contribution in [3.63, 3.8) is 0 Å². The van der Waals surface area contributed by atoms with Crippen molar-refractivity contribution in [1.82, 2.24) is 4.90 Å². The van der Waals surface area contributed by atoms with Gasteiger partial charge in [0.25, 0.3) is 0 Å². The molecule has 2 aromatic carbocycles. The molecular formula is C28H34N2O6. The van der Waals surface area contributed by atoms with Gasteiger partial charge in [-0.2, -0.15) is 0 Å². The number of amides is 2. The molecule has 2 aromatic rings. The van der Waals surface area contributed by atoms with Crippen molar-refractivity contribution in [2.75, 3.05) is 18.5 Å². The predicted octanol–water partition coefficient (Wildman–Crippen LogP) is 3.12. The molecule has 0 aliphatic carbocycles. The number of nitrogens with one attached hydrogen (secondary N) is 1. The van der Waals surface area contributed by atoms with E-state index in [0.717, 1.165) is 10.8 Å². The van der Waals surface area contributed by atoms with E-state index in [4.69, 9.17) is 9.47 Å². The van der Waals surface area contributed by atoms with Crippen LogP contribution < -0.4 is 5.32 Å². The standard InChI is InChI=1S/C28H34N2O6/c1-5-35-26(34)22-21-25(33)30(20(15-31)16(2)3)23(28(21)13-12-27(22,4)36-28)24(32)29-19-11-10-17-8-6-7-9-18(17)14-19/h6-11,14,16,20-23,31H,5,12-13,15H2,1-4H3,(H,29,32)/t20-,21-,22-,23?,27+,28?/m0/s1. The van der Waals surface area contributed by atoms with Crippen LogP contribution in [0, 0.1) is 17.8 Å². The number of fused-ring (bicyclic) bond motifs is 2. The molecule has 2 bridgehead atoms. The summed E-state index contributed by atoms with van der Waals surface area (Å²) in [6.07, 6.45) is 1.01. The van der Waals surface area contributed by atoms with Crippen molar-refractivity contribution < 1.29 is 29.0 Å². The summed E-state index contributed by atoms with van der Waals surface area (Å²) in [6, 6.07) is 11.9. The molecule has 2 N–H and O–H groups in total. The predicted molar refractivity (Wildman–Crippen MR) is 134 cm³/mol. The van der Waals surface area contributed by atoms with E-state index in [2.05, 4.69) is 5.32 Å². The number of benzene rings is 2. The third-order valence-electron chi connectivity index (χ3n) is 8.33. The Bertz CT molecular complexity index is 1210. The summed E-state index contributed by atoms with van der Waals surface area (Å²) in [4.78, 5) is 42.6. The van der Waals surface area contributed by atoms with E-state index in [1.165, 1.54) is 4.90 Å². The van der Waals surface area contributed by atoms with Crippen LogP contribution in [0.2, 0.25) is 0 Å². The number of carbonyl (C=O) groups excluding carboxylic acids is 3. The fraction of sp³-hybridized carbons (Fsp3) is 0.536. The Morgan fingerprint density at radius 3 is 2.58 bits per heavy atom. The van der Waals surface area contributed by atoms with Crippen molar-refractivity contribution in [1.29, 1.82) is 0 Å². The molecule has 8 nitrogen and oxygen atoms in total. The first-order chi connectivity index (χ1) is 17.2. The molecule has 36 heavy (non-hydrogen) atoms. The number of aliphatic hydroxyl groups excluding tert-OH is 1. The Morgan fingerprint density at radius 1 is 1.19 bits per heavy atom. The number of anilines is 1. The van der Waals surface area contributed by atoms with Crippen LogP contribution in [-0.4, -0.2) is 64.3 Å². The SMILES string of the molecule is CCOC(=O)[C@@H]1[C@H]2C(=O)N([C@@H](CO)C(C)C)C(C(=O)Nc3ccc4ccccc4c3)C23CC[C@@]1(C)O3. The van der Waals surface area contributed by atoms with Gasteiger partial charge in [0.2, 0.25) is 11.8 Å². The van der Waals surface area contributed by atoms with Gasteiger partial charge in [-0.05, 0) is 55.5 Å². The van der Waals surface area contributed by atoms with E-state index in [9.17, 15) is 19.5 Å². The molecule has 192 valence electrons. The van der Waals surface area contributed by atoms with Gasteiger partial charge in [0, 0.05) is 5.69 Å². The number of ether oxygens (including phenoxy) is 2. The molecule has 3 aliphatic heterocycles. The second-order valence-electron chi connectivity index (χ2n) is 10.8. The second kappa shape index (κ2) is 8.85. The minimum absolute atomic E-state index is 0.112. The zero-order valence-corrected chi connectivity index (χ0v) is 21.2. The number of aliphatic hydroxyl groups is 1. The molecule has 6 atom stereocenters. The lowest BCUT2D eigenvalue weighted by Gasteiger charge is -2.38. The van der Waals surface area contributed by atoms with Gasteiger partial charge in [0.05, 0.1) is 30.8 Å². The average Bonchev–Trinajstić information content (AvgIpc) is 3.40. The third-order valence-corrected chi connectivity index (χ3v) is 8.33. The van der Waals surface area contributed by atoms with E-state index in [-0.39, 0.29) is 30.9 Å². The van der Waals surface area contributed by atoms with Crippen LogP contribution in [0.4, 0.5) is 5.69 Å². The van der Waals surface area contributed by atoms with Gasteiger partial charge in [0.15, 0.2) is 0 Å². The van der Waals surface area contributed by atoms with Crippen molar-refractivity contribution in [2.45, 2.75) is 63.8 Å². The van der Waals surface area contributed by atoms with Crippen molar-refractivity contribution in [2.24, 2.45) is 17.8 Å². The monoisotopic (exact) mass is 494 g/mol. The van der Waals surface area contributed by atoms with Gasteiger partial charge in [-0.15, -0.1) is 0 Å². The fourth-order valence-corrected chi connectivity index (χ4v) is 6.71. The minimum Gasteiger partial charge on any atom is -0.466 e. The lowest BCUT2D eigenvalue weighted by molar-refractivity contribution is -0.160. The summed E-state index contributed by atoms with van der Waals surface area (Å²) >= 11 is 0. The van der Waals surface area contributed by atoms with Gasteiger partial charge in [-0.3, -0.25) is 14.4 Å². The quantitative estimate of drug-likeness (QED) is 0.573. The summed E-state index contributed by atoms with van der Waals surface area (Å²) in [6.45, 7) is 7.27. The van der Waals surface area contributed by atoms with E-state index < -0.39 is 41.1 Å². The highest BCUT2D eigenvalue weighted by atomic mass is 16.6. The maximum atomic E-state index is 14.0. The minimum atomic E-state index is -1.16. The number of esters is 1. The highest BCUT2D eigenvalue weighted by Gasteiger charge is 2.78. The lowest BCUT2D eigenvalue weighted by atomic mass is 9.66. The normalized spacial score (nSPS) is 31.7. The van der Waals surface area contributed by atoms with Crippen LogP contribution >= 0.6 is 0 Å². The number of rotatable bonds is 7. The molecule has 8 heteroatoms. The van der Waals surface area contributed by atoms with Crippen LogP contribution in [0.15, 0.2) is 42.5 Å². The summed E-state index contributed by atoms with van der Waals surface area (Å²) in [5.74, 6) is -2.93. The number of hydrogen-bond donors (Lipinski definition) is 2. The summed E-state index contributed by atoms with van der Waals surface area (Å²) in [5.41, 5.74) is -1.43. The Labute approximate surface area is 210 Å². The lowest BCUT2D eigenvalue weighted by Crippen LogP contribution is -2.57. The van der Waals surface area contributed by atoms with Gasteiger partial charge < -0.3 is 24.8 Å². The zero-order valence-electron chi connectivity index (χ0n) is 21.2. The maximum Gasteiger partial charge on any atom is 0.312 e. The largest absolute Gasteiger partial charge is 0.466 e. The molecule has 2 amide bonds. The first kappa shape index (κ1) is 24.7. The topological polar surface area (TPSA) is 105 Å². The molecular weight excluding hydrogens is 460 g/mol. The molecule has 0 saturated carbocycles. The molecule has 3 fully saturated rings. The molecule has 2 unspecified atom stereocenters. The molecule has 0 radical (unpaired) electrons. The van der Waals surface area contributed by atoms with Crippen LogP contribution in [-0.2, 0) is 23.9 Å². The van der Waals surface area contributed by atoms with Crippen molar-refractivity contribution in [3.05, 3.63) is 42.5 Å². The van der Waals surface area contributed by atoms with Crippen LogP contribution in [0.25, 0.3) is 10.8 Å². The first-order valence-electron chi connectivity index (χ1n) is 12.8. The third kappa shape index (κ3) is 3.53. The van der Waals surface area contributed by atoms with Crippen LogP contribution in [0.1, 0.15) is 40.5 Å². The average molecular weight is 495 g/mol. The zero-order chi connectivity index (χ0) is 25.8. The summed E-state index contributed by atoms with van der Waals surface area (Å²) in [7, 11) is 0. The summed E-state index contributed by atoms with van der Waals surface area (Å²) in [5, 5.41) is 15.3. The molecule has 3 heterocycles. The van der Waals surface area contributed by atoms with E-state index in [0.29, 0.717) is 18.5 Å². The Hall–Kier alpha value is -2.97. The van der Waals surface area contributed by atoms with Crippen LogP contribution in [0.5, 0.6) is 0 Å². The molecule has 5 rings (SSSR count). The molecule has 3 saturated heterocycles. The highest BCUT2D eigenvalue weighted by Crippen LogP contribution is 2.63. The Kier molecular flexibility index (Phi) is 6.08. The maximum absolute atomic E-state index is 14.0. The van der Waals surface area contributed by atoms with Crippen LogP contribution in [0.3, 0.4) is 0 Å².